The largest absolute Gasteiger partial charge is 0.478 e. The summed E-state index contributed by atoms with van der Waals surface area (Å²) in [6.45, 7) is 3.70. The van der Waals surface area contributed by atoms with Crippen molar-refractivity contribution >= 4 is 11.9 Å². The maximum Gasteiger partial charge on any atom is 0.335 e. The lowest BCUT2D eigenvalue weighted by molar-refractivity contribution is -0.120. The summed E-state index contributed by atoms with van der Waals surface area (Å²) >= 11 is 0. The Labute approximate surface area is 118 Å². The van der Waals surface area contributed by atoms with Crippen LogP contribution in [0.1, 0.15) is 28.8 Å². The number of nitrogens with zero attached hydrogens (tertiary/aromatic N) is 1. The number of carbonyl (C=O) groups is 2. The van der Waals surface area contributed by atoms with Gasteiger partial charge in [-0.15, -0.1) is 0 Å². The average Bonchev–Trinajstić information content (AvgIpc) is 2.92. The molecule has 2 N–H and O–H groups in total. The molecule has 1 aliphatic rings. The summed E-state index contributed by atoms with van der Waals surface area (Å²) in [7, 11) is 0. The van der Waals surface area contributed by atoms with Gasteiger partial charge in [0, 0.05) is 13.1 Å². The van der Waals surface area contributed by atoms with Gasteiger partial charge in [-0.1, -0.05) is 18.2 Å². The minimum atomic E-state index is -0.995. The fourth-order valence-electron chi connectivity index (χ4n) is 2.48. The van der Waals surface area contributed by atoms with E-state index in [0.717, 1.165) is 19.6 Å². The standard InChI is InChI=1S/C15H20N2O3/c18-14(16-7-10-17-8-3-4-9-17)11-12-5-1-2-6-13(12)15(19)20/h1-2,5-6H,3-4,7-11H2,(H,16,18)(H,19,20). The zero-order valence-electron chi connectivity index (χ0n) is 11.5. The van der Waals surface area contributed by atoms with E-state index in [1.54, 1.807) is 18.2 Å². The van der Waals surface area contributed by atoms with Crippen molar-refractivity contribution in [2.45, 2.75) is 19.3 Å². The number of amides is 1. The van der Waals surface area contributed by atoms with E-state index in [-0.39, 0.29) is 17.9 Å². The van der Waals surface area contributed by atoms with Crippen LogP contribution in [0.4, 0.5) is 0 Å². The van der Waals surface area contributed by atoms with Crippen molar-refractivity contribution in [3.05, 3.63) is 35.4 Å². The first-order chi connectivity index (χ1) is 9.66. The lowest BCUT2D eigenvalue weighted by Crippen LogP contribution is -2.34. The fourth-order valence-corrected chi connectivity index (χ4v) is 2.48. The van der Waals surface area contributed by atoms with E-state index in [4.69, 9.17) is 5.11 Å². The summed E-state index contributed by atoms with van der Waals surface area (Å²) in [5, 5.41) is 11.9. The number of hydrogen-bond donors (Lipinski definition) is 2. The molecule has 0 saturated carbocycles. The first-order valence-corrected chi connectivity index (χ1v) is 6.97. The summed E-state index contributed by atoms with van der Waals surface area (Å²) in [6, 6.07) is 6.62. The van der Waals surface area contributed by atoms with Crippen LogP contribution in [-0.2, 0) is 11.2 Å². The highest BCUT2D eigenvalue weighted by atomic mass is 16.4. The summed E-state index contributed by atoms with van der Waals surface area (Å²) in [6.07, 6.45) is 2.59. The van der Waals surface area contributed by atoms with Gasteiger partial charge < -0.3 is 15.3 Å². The molecule has 108 valence electrons. The number of aromatic carboxylic acids is 1. The molecule has 1 saturated heterocycles. The van der Waals surface area contributed by atoms with Gasteiger partial charge in [0.05, 0.1) is 12.0 Å². The third kappa shape index (κ3) is 4.06. The molecule has 0 spiro atoms. The second-order valence-electron chi connectivity index (χ2n) is 5.04. The Kier molecular flexibility index (Phi) is 5.12. The van der Waals surface area contributed by atoms with Crippen molar-refractivity contribution in [1.29, 1.82) is 0 Å². The van der Waals surface area contributed by atoms with E-state index >= 15 is 0 Å². The van der Waals surface area contributed by atoms with Crippen molar-refractivity contribution < 1.29 is 14.7 Å². The first-order valence-electron chi connectivity index (χ1n) is 6.97. The number of carboxylic acid groups (broad SMARTS) is 1. The Bertz CT molecular complexity index is 482. The third-order valence-electron chi connectivity index (χ3n) is 3.55. The Morgan fingerprint density at radius 2 is 1.90 bits per heavy atom. The minimum absolute atomic E-state index is 0.114. The zero-order chi connectivity index (χ0) is 14.4. The predicted molar refractivity (Wildman–Crippen MR) is 75.8 cm³/mol. The average molecular weight is 276 g/mol. The molecule has 1 heterocycles. The topological polar surface area (TPSA) is 69.6 Å². The number of rotatable bonds is 6. The molecular weight excluding hydrogens is 256 g/mol. The van der Waals surface area contributed by atoms with Gasteiger partial charge in [-0.05, 0) is 37.6 Å². The van der Waals surface area contributed by atoms with Gasteiger partial charge in [0.2, 0.25) is 5.91 Å². The van der Waals surface area contributed by atoms with Crippen LogP contribution in [0, 0.1) is 0 Å². The number of nitrogens with one attached hydrogen (secondary N) is 1. The summed E-state index contributed by atoms with van der Waals surface area (Å²) in [5.41, 5.74) is 0.751. The van der Waals surface area contributed by atoms with Crippen molar-refractivity contribution in [3.63, 3.8) is 0 Å². The van der Waals surface area contributed by atoms with Crippen molar-refractivity contribution in [1.82, 2.24) is 10.2 Å². The van der Waals surface area contributed by atoms with Crippen LogP contribution in [0.5, 0.6) is 0 Å². The molecule has 20 heavy (non-hydrogen) atoms. The van der Waals surface area contributed by atoms with Gasteiger partial charge in [0.25, 0.3) is 0 Å². The number of carbonyl (C=O) groups excluding carboxylic acids is 1. The normalized spacial score (nSPS) is 15.2. The van der Waals surface area contributed by atoms with Gasteiger partial charge in [-0.3, -0.25) is 4.79 Å². The molecule has 1 aliphatic heterocycles. The van der Waals surface area contributed by atoms with Gasteiger partial charge in [-0.25, -0.2) is 4.79 Å². The molecule has 0 aromatic heterocycles. The Hall–Kier alpha value is -1.88. The van der Waals surface area contributed by atoms with Crippen molar-refractivity contribution in [3.8, 4) is 0 Å². The van der Waals surface area contributed by atoms with E-state index < -0.39 is 5.97 Å². The van der Waals surface area contributed by atoms with Gasteiger partial charge in [0.1, 0.15) is 0 Å². The Morgan fingerprint density at radius 1 is 1.20 bits per heavy atom. The maximum absolute atomic E-state index is 11.8. The van der Waals surface area contributed by atoms with Crippen LogP contribution in [0.25, 0.3) is 0 Å². The third-order valence-corrected chi connectivity index (χ3v) is 3.55. The van der Waals surface area contributed by atoms with E-state index in [1.807, 2.05) is 0 Å². The molecule has 0 atom stereocenters. The number of likely N-dealkylation sites (tertiary alicyclic amines) is 1. The highest BCUT2D eigenvalue weighted by Crippen LogP contribution is 2.09. The second kappa shape index (κ2) is 7.05. The SMILES string of the molecule is O=C(Cc1ccccc1C(=O)O)NCCN1CCCC1. The fraction of sp³-hybridized carbons (Fsp3) is 0.467. The van der Waals surface area contributed by atoms with E-state index in [9.17, 15) is 9.59 Å². The highest BCUT2D eigenvalue weighted by molar-refractivity contribution is 5.91. The molecule has 1 fully saturated rings. The second-order valence-corrected chi connectivity index (χ2v) is 5.04. The van der Waals surface area contributed by atoms with Crippen molar-refractivity contribution in [2.75, 3.05) is 26.2 Å². The molecule has 0 aliphatic carbocycles. The summed E-state index contributed by atoms with van der Waals surface area (Å²) < 4.78 is 0. The van der Waals surface area contributed by atoms with Gasteiger partial charge in [0.15, 0.2) is 0 Å². The Balaban J connectivity index is 1.80. The van der Waals surface area contributed by atoms with Crippen LogP contribution in [0.2, 0.25) is 0 Å². The van der Waals surface area contributed by atoms with Crippen LogP contribution < -0.4 is 5.32 Å². The molecule has 1 aromatic carbocycles. The number of carboxylic acids is 1. The number of benzene rings is 1. The molecule has 0 unspecified atom stereocenters. The molecule has 5 nitrogen and oxygen atoms in total. The van der Waals surface area contributed by atoms with Crippen LogP contribution in [-0.4, -0.2) is 48.1 Å². The van der Waals surface area contributed by atoms with Gasteiger partial charge >= 0.3 is 5.97 Å². The van der Waals surface area contributed by atoms with Crippen LogP contribution in [0.3, 0.4) is 0 Å². The lowest BCUT2D eigenvalue weighted by Gasteiger charge is -2.14. The quantitative estimate of drug-likeness (QED) is 0.817. The van der Waals surface area contributed by atoms with Gasteiger partial charge in [-0.2, -0.15) is 0 Å². The summed E-state index contributed by atoms with van der Waals surface area (Å²) in [5.74, 6) is -1.12. The zero-order valence-corrected chi connectivity index (χ0v) is 11.5. The monoisotopic (exact) mass is 276 g/mol. The molecular formula is C15H20N2O3. The summed E-state index contributed by atoms with van der Waals surface area (Å²) in [4.78, 5) is 25.2. The predicted octanol–water partition coefficient (Wildman–Crippen LogP) is 1.14. The maximum atomic E-state index is 11.8. The molecule has 1 aromatic rings. The molecule has 2 rings (SSSR count). The van der Waals surface area contributed by atoms with E-state index in [0.29, 0.717) is 12.1 Å². The van der Waals surface area contributed by atoms with Crippen molar-refractivity contribution in [2.24, 2.45) is 0 Å². The van der Waals surface area contributed by atoms with E-state index in [2.05, 4.69) is 10.2 Å². The smallest absolute Gasteiger partial charge is 0.335 e. The number of hydrogen-bond acceptors (Lipinski definition) is 3. The van der Waals surface area contributed by atoms with E-state index in [1.165, 1.54) is 18.9 Å². The molecule has 0 bridgehead atoms. The molecule has 0 radical (unpaired) electrons. The first kappa shape index (κ1) is 14.5. The molecule has 5 heteroatoms. The molecule has 1 amide bonds. The highest BCUT2D eigenvalue weighted by Gasteiger charge is 2.13. The Morgan fingerprint density at radius 3 is 2.60 bits per heavy atom. The van der Waals surface area contributed by atoms with Crippen LogP contribution >= 0.6 is 0 Å². The lowest BCUT2D eigenvalue weighted by atomic mass is 10.0. The minimum Gasteiger partial charge on any atom is -0.478 e. The van der Waals surface area contributed by atoms with Crippen LogP contribution in [0.15, 0.2) is 24.3 Å².